The van der Waals surface area contributed by atoms with Crippen LogP contribution in [0.1, 0.15) is 30.5 Å². The molecular formula is C18H18N2. The van der Waals surface area contributed by atoms with E-state index in [-0.39, 0.29) is 5.41 Å². The maximum Gasteiger partial charge on any atom is 0.0626 e. The summed E-state index contributed by atoms with van der Waals surface area (Å²) in [5.41, 5.74) is 11.9. The third-order valence-corrected chi connectivity index (χ3v) is 4.16. The molecule has 100 valence electrons. The van der Waals surface area contributed by atoms with Gasteiger partial charge in [-0.3, -0.25) is 0 Å². The van der Waals surface area contributed by atoms with Crippen LogP contribution in [0.3, 0.4) is 0 Å². The lowest BCUT2D eigenvalue weighted by molar-refractivity contribution is 0.660. The van der Waals surface area contributed by atoms with Gasteiger partial charge in [0.1, 0.15) is 0 Å². The summed E-state index contributed by atoms with van der Waals surface area (Å²) >= 11 is 0. The molecule has 2 nitrogen and oxygen atoms in total. The Bertz CT molecular complexity index is 724. The SMILES string of the molecule is CC1(C)c2ccccc2-c2ccc(C(=N)/C=C\N)cc21. The van der Waals surface area contributed by atoms with E-state index in [0.29, 0.717) is 5.71 Å². The van der Waals surface area contributed by atoms with Crippen LogP contribution in [0.2, 0.25) is 0 Å². The number of nitrogens with two attached hydrogens (primary N) is 1. The van der Waals surface area contributed by atoms with E-state index in [1.807, 2.05) is 6.07 Å². The monoisotopic (exact) mass is 262 g/mol. The fourth-order valence-corrected chi connectivity index (χ4v) is 3.06. The van der Waals surface area contributed by atoms with Crippen molar-refractivity contribution in [2.45, 2.75) is 19.3 Å². The Morgan fingerprint density at radius 3 is 2.50 bits per heavy atom. The fraction of sp³-hybridized carbons (Fsp3) is 0.167. The van der Waals surface area contributed by atoms with Crippen molar-refractivity contribution in [3.63, 3.8) is 0 Å². The van der Waals surface area contributed by atoms with Gasteiger partial charge in [0, 0.05) is 5.41 Å². The second-order valence-electron chi connectivity index (χ2n) is 5.70. The highest BCUT2D eigenvalue weighted by molar-refractivity contribution is 6.07. The van der Waals surface area contributed by atoms with Gasteiger partial charge < -0.3 is 11.1 Å². The van der Waals surface area contributed by atoms with Crippen molar-refractivity contribution in [1.82, 2.24) is 0 Å². The fourth-order valence-electron chi connectivity index (χ4n) is 3.06. The van der Waals surface area contributed by atoms with Crippen LogP contribution in [-0.2, 0) is 5.41 Å². The molecule has 0 saturated heterocycles. The largest absolute Gasteiger partial charge is 0.405 e. The number of hydrogen-bond donors (Lipinski definition) is 2. The Morgan fingerprint density at radius 2 is 1.75 bits per heavy atom. The van der Waals surface area contributed by atoms with Crippen molar-refractivity contribution < 1.29 is 0 Å². The molecule has 0 bridgehead atoms. The van der Waals surface area contributed by atoms with Gasteiger partial charge in [-0.25, -0.2) is 0 Å². The van der Waals surface area contributed by atoms with Gasteiger partial charge in [0.15, 0.2) is 0 Å². The summed E-state index contributed by atoms with van der Waals surface area (Å²) in [6.45, 7) is 4.48. The van der Waals surface area contributed by atoms with E-state index < -0.39 is 0 Å². The minimum Gasteiger partial charge on any atom is -0.405 e. The van der Waals surface area contributed by atoms with Crippen molar-refractivity contribution in [3.05, 3.63) is 71.4 Å². The molecule has 3 N–H and O–H groups in total. The first kappa shape index (κ1) is 12.7. The second-order valence-corrected chi connectivity index (χ2v) is 5.70. The highest BCUT2D eigenvalue weighted by Crippen LogP contribution is 2.48. The molecule has 3 rings (SSSR count). The summed E-state index contributed by atoms with van der Waals surface area (Å²) < 4.78 is 0. The third kappa shape index (κ3) is 1.68. The second kappa shape index (κ2) is 4.34. The minimum absolute atomic E-state index is 0.0192. The smallest absolute Gasteiger partial charge is 0.0626 e. The molecule has 2 aromatic carbocycles. The van der Waals surface area contributed by atoms with Gasteiger partial charge in [0.05, 0.1) is 5.71 Å². The van der Waals surface area contributed by atoms with Crippen molar-refractivity contribution in [3.8, 4) is 11.1 Å². The maximum atomic E-state index is 8.02. The summed E-state index contributed by atoms with van der Waals surface area (Å²) in [6, 6.07) is 14.8. The molecule has 0 spiro atoms. The zero-order valence-electron chi connectivity index (χ0n) is 11.8. The summed E-state index contributed by atoms with van der Waals surface area (Å²) in [7, 11) is 0. The van der Waals surface area contributed by atoms with Crippen molar-refractivity contribution >= 4 is 5.71 Å². The predicted octanol–water partition coefficient (Wildman–Crippen LogP) is 3.83. The average Bonchev–Trinajstić information content (AvgIpc) is 2.68. The molecule has 0 atom stereocenters. The molecule has 20 heavy (non-hydrogen) atoms. The molecular weight excluding hydrogens is 244 g/mol. The van der Waals surface area contributed by atoms with Gasteiger partial charge in [-0.1, -0.05) is 50.2 Å². The lowest BCUT2D eigenvalue weighted by atomic mass is 9.82. The molecule has 0 radical (unpaired) electrons. The van der Waals surface area contributed by atoms with E-state index in [9.17, 15) is 0 Å². The number of allylic oxidation sites excluding steroid dienone is 1. The van der Waals surface area contributed by atoms with E-state index in [4.69, 9.17) is 11.1 Å². The molecule has 0 aromatic heterocycles. The third-order valence-electron chi connectivity index (χ3n) is 4.16. The summed E-state index contributed by atoms with van der Waals surface area (Å²) in [5, 5.41) is 8.02. The van der Waals surface area contributed by atoms with Crippen LogP contribution in [0, 0.1) is 5.41 Å². The molecule has 0 saturated carbocycles. The summed E-state index contributed by atoms with van der Waals surface area (Å²) in [6.07, 6.45) is 3.03. The number of fused-ring (bicyclic) bond motifs is 3. The molecule has 0 unspecified atom stereocenters. The molecule has 1 aliphatic rings. The topological polar surface area (TPSA) is 49.9 Å². The van der Waals surface area contributed by atoms with E-state index in [1.54, 1.807) is 6.08 Å². The Balaban J connectivity index is 2.20. The summed E-state index contributed by atoms with van der Waals surface area (Å²) in [5.74, 6) is 0. The first-order valence-corrected chi connectivity index (χ1v) is 6.77. The Morgan fingerprint density at radius 1 is 1.05 bits per heavy atom. The standard InChI is InChI=1S/C18H18N2/c1-18(2)15-6-4-3-5-13(15)14-8-7-12(11-16(14)18)17(20)9-10-19/h3-11,20H,19H2,1-2H3/b10-9-,20-17?. The van der Waals surface area contributed by atoms with E-state index >= 15 is 0 Å². The molecule has 0 aliphatic heterocycles. The highest BCUT2D eigenvalue weighted by atomic mass is 14.5. The van der Waals surface area contributed by atoms with Crippen LogP contribution in [0.15, 0.2) is 54.7 Å². The van der Waals surface area contributed by atoms with Gasteiger partial charge in [-0.05, 0) is 46.2 Å². The van der Waals surface area contributed by atoms with Gasteiger partial charge in [-0.15, -0.1) is 0 Å². The van der Waals surface area contributed by atoms with Crippen molar-refractivity contribution in [2.75, 3.05) is 0 Å². The van der Waals surface area contributed by atoms with Crippen molar-refractivity contribution in [1.29, 1.82) is 5.41 Å². The van der Waals surface area contributed by atoms with Crippen LogP contribution < -0.4 is 5.73 Å². The van der Waals surface area contributed by atoms with Gasteiger partial charge in [-0.2, -0.15) is 0 Å². The van der Waals surface area contributed by atoms with E-state index in [0.717, 1.165) is 5.56 Å². The first-order chi connectivity index (χ1) is 9.55. The van der Waals surface area contributed by atoms with Crippen LogP contribution in [0.25, 0.3) is 11.1 Å². The lowest BCUT2D eigenvalue weighted by Crippen LogP contribution is -2.15. The minimum atomic E-state index is -0.0192. The van der Waals surface area contributed by atoms with Gasteiger partial charge in [0.25, 0.3) is 0 Å². The van der Waals surface area contributed by atoms with Gasteiger partial charge >= 0.3 is 0 Å². The number of benzene rings is 2. The molecule has 1 aliphatic carbocycles. The Labute approximate surface area is 119 Å². The first-order valence-electron chi connectivity index (χ1n) is 6.77. The van der Waals surface area contributed by atoms with Crippen molar-refractivity contribution in [2.24, 2.45) is 5.73 Å². The number of nitrogens with one attached hydrogen (secondary N) is 1. The highest BCUT2D eigenvalue weighted by Gasteiger charge is 2.35. The molecule has 0 fully saturated rings. The van der Waals surface area contributed by atoms with Gasteiger partial charge in [0.2, 0.25) is 0 Å². The molecule has 0 heterocycles. The number of rotatable bonds is 2. The van der Waals surface area contributed by atoms with Crippen LogP contribution in [-0.4, -0.2) is 5.71 Å². The number of hydrogen-bond acceptors (Lipinski definition) is 2. The van der Waals surface area contributed by atoms with Crippen LogP contribution in [0.5, 0.6) is 0 Å². The Hall–Kier alpha value is -2.35. The zero-order valence-corrected chi connectivity index (χ0v) is 11.8. The zero-order chi connectivity index (χ0) is 14.3. The maximum absolute atomic E-state index is 8.02. The summed E-state index contributed by atoms with van der Waals surface area (Å²) in [4.78, 5) is 0. The van der Waals surface area contributed by atoms with Crippen LogP contribution in [0.4, 0.5) is 0 Å². The normalized spacial score (nSPS) is 15.1. The van der Waals surface area contributed by atoms with E-state index in [1.165, 1.54) is 28.5 Å². The lowest BCUT2D eigenvalue weighted by Gasteiger charge is -2.21. The van der Waals surface area contributed by atoms with Crippen LogP contribution >= 0.6 is 0 Å². The molecule has 2 heteroatoms. The Kier molecular flexibility index (Phi) is 2.75. The molecule has 0 amide bonds. The predicted molar refractivity (Wildman–Crippen MR) is 84.2 cm³/mol. The molecule has 2 aromatic rings. The quantitative estimate of drug-likeness (QED) is 0.794. The van der Waals surface area contributed by atoms with E-state index in [2.05, 4.69) is 50.2 Å². The average molecular weight is 262 g/mol.